The summed E-state index contributed by atoms with van der Waals surface area (Å²) >= 11 is 31.0. The van der Waals surface area contributed by atoms with Crippen molar-refractivity contribution in [1.82, 2.24) is 10.2 Å². The molecule has 0 aromatic heterocycles. The Balaban J connectivity index is 2.55. The number of anilines is 1. The Morgan fingerprint density at radius 1 is 0.944 bits per heavy atom. The lowest BCUT2D eigenvalue weighted by atomic mass is 10.1. The third-order valence-corrected chi connectivity index (χ3v) is 8.12. The van der Waals surface area contributed by atoms with Crippen molar-refractivity contribution >= 4 is 85.5 Å². The van der Waals surface area contributed by atoms with Crippen LogP contribution in [0.3, 0.4) is 0 Å². The molecule has 0 aliphatic carbocycles. The van der Waals surface area contributed by atoms with E-state index in [-0.39, 0.29) is 39.6 Å². The molecule has 0 aliphatic rings. The number of hydrogen-bond acceptors (Lipinski definition) is 4. The smallest absolute Gasteiger partial charge is 0.244 e. The van der Waals surface area contributed by atoms with Crippen LogP contribution in [0.15, 0.2) is 30.3 Å². The highest BCUT2D eigenvalue weighted by molar-refractivity contribution is 7.92. The van der Waals surface area contributed by atoms with Gasteiger partial charge in [-0.25, -0.2) is 8.42 Å². The highest BCUT2D eigenvalue weighted by Crippen LogP contribution is 2.36. The average Bonchev–Trinajstić information content (AvgIpc) is 2.79. The first kappa shape index (κ1) is 30.8. The Bertz CT molecular complexity index is 1210. The molecule has 0 saturated carbocycles. The second-order valence-corrected chi connectivity index (χ2v) is 11.9. The van der Waals surface area contributed by atoms with Crippen molar-refractivity contribution in [2.24, 2.45) is 0 Å². The van der Waals surface area contributed by atoms with Gasteiger partial charge >= 0.3 is 0 Å². The number of nitrogens with one attached hydrogen (secondary N) is 1. The largest absolute Gasteiger partial charge is 0.354 e. The molecule has 7 nitrogen and oxygen atoms in total. The van der Waals surface area contributed by atoms with Crippen molar-refractivity contribution in [2.45, 2.75) is 39.3 Å². The van der Waals surface area contributed by atoms with Crippen LogP contribution in [-0.2, 0) is 26.2 Å². The topological polar surface area (TPSA) is 86.8 Å². The zero-order valence-electron chi connectivity index (χ0n) is 19.8. The molecule has 0 radical (unpaired) electrons. The molecule has 0 fully saturated rings. The number of benzene rings is 2. The quantitative estimate of drug-likeness (QED) is 0.311. The molecule has 1 N–H and O–H groups in total. The van der Waals surface area contributed by atoms with Gasteiger partial charge in [-0.1, -0.05) is 77.9 Å². The summed E-state index contributed by atoms with van der Waals surface area (Å²) in [5.74, 6) is -1.05. The molecular formula is C23H26Cl5N3O4S. The van der Waals surface area contributed by atoms with Gasteiger partial charge in [0.2, 0.25) is 21.8 Å². The van der Waals surface area contributed by atoms with E-state index in [1.165, 1.54) is 17.0 Å². The van der Waals surface area contributed by atoms with Gasteiger partial charge < -0.3 is 10.2 Å². The van der Waals surface area contributed by atoms with E-state index < -0.39 is 28.5 Å². The van der Waals surface area contributed by atoms with E-state index in [2.05, 4.69) is 5.32 Å². The lowest BCUT2D eigenvalue weighted by molar-refractivity contribution is -0.140. The van der Waals surface area contributed by atoms with Gasteiger partial charge in [-0.15, -0.1) is 0 Å². The third-order valence-electron chi connectivity index (χ3n) is 5.26. The van der Waals surface area contributed by atoms with Crippen molar-refractivity contribution in [3.63, 3.8) is 0 Å². The molecule has 2 amide bonds. The van der Waals surface area contributed by atoms with E-state index in [1.807, 2.05) is 6.92 Å². The Morgan fingerprint density at radius 3 is 2.06 bits per heavy atom. The minimum atomic E-state index is -4.01. The van der Waals surface area contributed by atoms with Crippen molar-refractivity contribution in [2.75, 3.05) is 23.7 Å². The molecule has 2 rings (SSSR count). The maximum absolute atomic E-state index is 13.7. The van der Waals surface area contributed by atoms with E-state index in [4.69, 9.17) is 58.0 Å². The van der Waals surface area contributed by atoms with Gasteiger partial charge in [-0.2, -0.15) is 0 Å². The van der Waals surface area contributed by atoms with Gasteiger partial charge in [0.15, 0.2) is 0 Å². The van der Waals surface area contributed by atoms with Crippen LogP contribution in [0.25, 0.3) is 0 Å². The van der Waals surface area contributed by atoms with E-state index in [0.717, 1.165) is 10.6 Å². The highest BCUT2D eigenvalue weighted by atomic mass is 35.5. The lowest BCUT2D eigenvalue weighted by Gasteiger charge is -2.33. The standard InChI is InChI=1S/C23H26Cl5N3O4S/c1-4-9-29-23(33)20(5-2)30(12-14-15(24)7-6-8-16(14)25)22(32)13-31(36(3,34)35)21-11-18(27)17(26)10-19(21)28/h6-8,10-11,20H,4-5,9,12-13H2,1-3H3,(H,29,33)/t20-/m0/s1. The van der Waals surface area contributed by atoms with Crippen molar-refractivity contribution in [3.05, 3.63) is 61.0 Å². The SMILES string of the molecule is CCCNC(=O)[C@H](CC)N(Cc1c(Cl)cccc1Cl)C(=O)CN(c1cc(Cl)c(Cl)cc1Cl)S(C)(=O)=O. The first-order valence-electron chi connectivity index (χ1n) is 10.9. The summed E-state index contributed by atoms with van der Waals surface area (Å²) in [4.78, 5) is 27.9. The van der Waals surface area contributed by atoms with Gasteiger partial charge in [0, 0.05) is 28.7 Å². The van der Waals surface area contributed by atoms with Gasteiger partial charge in [-0.3, -0.25) is 13.9 Å². The van der Waals surface area contributed by atoms with Crippen LogP contribution in [0.1, 0.15) is 32.3 Å². The number of halogens is 5. The van der Waals surface area contributed by atoms with E-state index in [0.29, 0.717) is 28.6 Å². The van der Waals surface area contributed by atoms with Crippen molar-refractivity contribution in [1.29, 1.82) is 0 Å². The fourth-order valence-corrected chi connectivity index (χ4v) is 5.50. The summed E-state index contributed by atoms with van der Waals surface area (Å²) in [5, 5.41) is 3.56. The summed E-state index contributed by atoms with van der Waals surface area (Å²) in [6.45, 7) is 3.28. The number of hydrogen-bond donors (Lipinski definition) is 1. The summed E-state index contributed by atoms with van der Waals surface area (Å²) in [5.41, 5.74) is 0.399. The summed E-state index contributed by atoms with van der Waals surface area (Å²) in [6.07, 6.45) is 1.89. The number of carbonyl (C=O) groups excluding carboxylic acids is 2. The Hall–Kier alpha value is -1.42. The van der Waals surface area contributed by atoms with Gasteiger partial charge in [0.1, 0.15) is 12.6 Å². The molecule has 0 saturated heterocycles. The molecule has 1 atom stereocenters. The molecule has 2 aromatic rings. The molecule has 0 heterocycles. The second kappa shape index (κ2) is 13.4. The van der Waals surface area contributed by atoms with Crippen LogP contribution in [0.5, 0.6) is 0 Å². The molecule has 0 aliphatic heterocycles. The molecule has 0 bridgehead atoms. The van der Waals surface area contributed by atoms with E-state index in [1.54, 1.807) is 25.1 Å². The predicted octanol–water partition coefficient (Wildman–Crippen LogP) is 6.05. The lowest BCUT2D eigenvalue weighted by Crippen LogP contribution is -2.52. The molecule has 36 heavy (non-hydrogen) atoms. The number of sulfonamides is 1. The maximum Gasteiger partial charge on any atom is 0.244 e. The maximum atomic E-state index is 13.7. The minimum Gasteiger partial charge on any atom is -0.354 e. The van der Waals surface area contributed by atoms with Crippen LogP contribution >= 0.6 is 58.0 Å². The zero-order valence-corrected chi connectivity index (χ0v) is 24.4. The summed E-state index contributed by atoms with van der Waals surface area (Å²) in [7, 11) is -4.01. The van der Waals surface area contributed by atoms with Crippen molar-refractivity contribution in [3.8, 4) is 0 Å². The van der Waals surface area contributed by atoms with E-state index in [9.17, 15) is 18.0 Å². The van der Waals surface area contributed by atoms with Gasteiger partial charge in [0.25, 0.3) is 0 Å². The molecular weight excluding hydrogens is 592 g/mol. The Kier molecular flexibility index (Phi) is 11.5. The van der Waals surface area contributed by atoms with Crippen LogP contribution in [0.2, 0.25) is 25.1 Å². The van der Waals surface area contributed by atoms with E-state index >= 15 is 0 Å². The Morgan fingerprint density at radius 2 is 1.53 bits per heavy atom. The molecule has 0 spiro atoms. The predicted molar refractivity (Wildman–Crippen MR) is 148 cm³/mol. The number of amides is 2. The zero-order chi connectivity index (χ0) is 27.2. The third kappa shape index (κ3) is 7.79. The Labute approximate surface area is 236 Å². The molecule has 13 heteroatoms. The first-order chi connectivity index (χ1) is 16.8. The van der Waals surface area contributed by atoms with Crippen molar-refractivity contribution < 1.29 is 18.0 Å². The fourth-order valence-electron chi connectivity index (χ4n) is 3.44. The summed E-state index contributed by atoms with van der Waals surface area (Å²) < 4.78 is 26.3. The minimum absolute atomic E-state index is 0.0175. The van der Waals surface area contributed by atoms with Crippen LogP contribution < -0.4 is 9.62 Å². The fraction of sp³-hybridized carbons (Fsp3) is 0.391. The molecule has 0 unspecified atom stereocenters. The van der Waals surface area contributed by atoms with Gasteiger partial charge in [-0.05, 0) is 37.1 Å². The molecule has 198 valence electrons. The first-order valence-corrected chi connectivity index (χ1v) is 14.7. The van der Waals surface area contributed by atoms with Crippen LogP contribution in [0.4, 0.5) is 5.69 Å². The summed E-state index contributed by atoms with van der Waals surface area (Å²) in [6, 6.07) is 6.52. The highest BCUT2D eigenvalue weighted by Gasteiger charge is 2.33. The van der Waals surface area contributed by atoms with Crippen LogP contribution in [0, 0.1) is 0 Å². The number of nitrogens with zero attached hydrogens (tertiary/aromatic N) is 2. The second-order valence-electron chi connectivity index (χ2n) is 7.92. The van der Waals surface area contributed by atoms with Crippen LogP contribution in [-0.4, -0.2) is 50.5 Å². The van der Waals surface area contributed by atoms with Gasteiger partial charge in [0.05, 0.1) is 27.0 Å². The number of rotatable bonds is 11. The normalized spacial score (nSPS) is 12.2. The average molecular weight is 618 g/mol. The monoisotopic (exact) mass is 615 g/mol. The molecule has 2 aromatic carbocycles. The number of carbonyl (C=O) groups is 2.